The van der Waals surface area contributed by atoms with Crippen molar-refractivity contribution in [1.82, 2.24) is 24.8 Å². The van der Waals surface area contributed by atoms with E-state index < -0.39 is 0 Å². The van der Waals surface area contributed by atoms with Crippen LogP contribution in [0.25, 0.3) is 11.0 Å². The summed E-state index contributed by atoms with van der Waals surface area (Å²) in [5.74, 6) is 0.879. The fraction of sp³-hybridized carbons (Fsp3) is 0.455. The molecule has 1 saturated carbocycles. The minimum atomic E-state index is 0.209. The predicted octanol–water partition coefficient (Wildman–Crippen LogP) is 3.32. The highest BCUT2D eigenvalue weighted by molar-refractivity contribution is 6.00. The summed E-state index contributed by atoms with van der Waals surface area (Å²) >= 11 is 0. The molecule has 0 atom stereocenters. The van der Waals surface area contributed by atoms with Crippen LogP contribution in [0.1, 0.15) is 54.6 Å². The second-order valence-corrected chi connectivity index (χ2v) is 8.12. The maximum Gasteiger partial charge on any atom is 0.224 e. The van der Waals surface area contributed by atoms with Crippen LogP contribution in [0, 0.1) is 0 Å². The highest BCUT2D eigenvalue weighted by atomic mass is 16.1. The zero-order chi connectivity index (χ0) is 19.6. The lowest BCUT2D eigenvalue weighted by molar-refractivity contribution is 0.0956. The molecule has 0 spiro atoms. The van der Waals surface area contributed by atoms with Crippen LogP contribution < -0.4 is 10.6 Å². The third kappa shape index (κ3) is 3.87. The normalized spacial score (nSPS) is 21.9. The van der Waals surface area contributed by atoms with Crippen LogP contribution in [0.15, 0.2) is 36.8 Å². The van der Waals surface area contributed by atoms with Gasteiger partial charge in [-0.2, -0.15) is 4.98 Å². The first-order chi connectivity index (χ1) is 14.3. The molecule has 0 unspecified atom stereocenters. The maximum absolute atomic E-state index is 12.1. The van der Waals surface area contributed by atoms with Gasteiger partial charge in [-0.25, -0.2) is 4.98 Å². The summed E-state index contributed by atoms with van der Waals surface area (Å²) in [6, 6.07) is 6.95. The van der Waals surface area contributed by atoms with Crippen molar-refractivity contribution in [1.29, 1.82) is 0 Å². The van der Waals surface area contributed by atoms with Crippen molar-refractivity contribution < 1.29 is 4.79 Å². The number of nitrogens with one attached hydrogen (secondary N) is 2. The van der Waals surface area contributed by atoms with Crippen LogP contribution in [-0.2, 0) is 13.1 Å². The molecular weight excluding hydrogens is 364 g/mol. The van der Waals surface area contributed by atoms with Crippen LogP contribution in [0.5, 0.6) is 0 Å². The molecule has 0 saturated heterocycles. The standard InChI is InChI=1S/C22H26N6O/c29-20-4-2-10-28-19(20)11-16-14-25-22(27-21(16)28)26-18-7-5-17(6-8-18)24-13-15-3-1-9-23-12-15/h1,3,9,11-12,14,17-18,24H,2,4-8,10,13H2,(H,25,26,27). The summed E-state index contributed by atoms with van der Waals surface area (Å²) in [6.07, 6.45) is 11.5. The number of rotatable bonds is 5. The molecule has 0 amide bonds. The largest absolute Gasteiger partial charge is 0.351 e. The van der Waals surface area contributed by atoms with Gasteiger partial charge >= 0.3 is 0 Å². The van der Waals surface area contributed by atoms with E-state index in [2.05, 4.69) is 26.7 Å². The van der Waals surface area contributed by atoms with Gasteiger partial charge in [-0.1, -0.05) is 6.07 Å². The summed E-state index contributed by atoms with van der Waals surface area (Å²) in [5, 5.41) is 8.11. The number of ketones is 1. The Morgan fingerprint density at radius 1 is 1.14 bits per heavy atom. The lowest BCUT2D eigenvalue weighted by Crippen LogP contribution is -2.36. The molecule has 7 nitrogen and oxygen atoms in total. The monoisotopic (exact) mass is 390 g/mol. The van der Waals surface area contributed by atoms with Gasteiger partial charge in [-0.05, 0) is 49.8 Å². The van der Waals surface area contributed by atoms with Crippen LogP contribution in [0.2, 0.25) is 0 Å². The number of carbonyl (C=O) groups excluding carboxylic acids is 1. The zero-order valence-electron chi connectivity index (χ0n) is 16.5. The van der Waals surface area contributed by atoms with Gasteiger partial charge in [0.2, 0.25) is 5.95 Å². The van der Waals surface area contributed by atoms with E-state index in [9.17, 15) is 4.79 Å². The van der Waals surface area contributed by atoms with Crippen molar-refractivity contribution in [2.75, 3.05) is 5.32 Å². The molecule has 1 aliphatic heterocycles. The number of aromatic nitrogens is 4. The third-order valence-electron chi connectivity index (χ3n) is 6.08. The molecule has 0 bridgehead atoms. The van der Waals surface area contributed by atoms with Gasteiger partial charge in [0.1, 0.15) is 5.65 Å². The summed E-state index contributed by atoms with van der Waals surface area (Å²) in [4.78, 5) is 25.5. The van der Waals surface area contributed by atoms with Gasteiger partial charge in [-0.3, -0.25) is 9.78 Å². The second kappa shape index (κ2) is 7.91. The number of carbonyl (C=O) groups is 1. The van der Waals surface area contributed by atoms with Gasteiger partial charge < -0.3 is 15.2 Å². The van der Waals surface area contributed by atoms with E-state index in [1.165, 1.54) is 5.56 Å². The lowest BCUT2D eigenvalue weighted by Gasteiger charge is -2.29. The molecule has 3 aromatic rings. The summed E-state index contributed by atoms with van der Waals surface area (Å²) in [5.41, 5.74) is 2.87. The highest BCUT2D eigenvalue weighted by Gasteiger charge is 2.23. The first kappa shape index (κ1) is 18.2. The maximum atomic E-state index is 12.1. The molecule has 2 N–H and O–H groups in total. The summed E-state index contributed by atoms with van der Waals surface area (Å²) < 4.78 is 2.05. The fourth-order valence-corrected chi connectivity index (χ4v) is 4.48. The summed E-state index contributed by atoms with van der Waals surface area (Å²) in [7, 11) is 0. The van der Waals surface area contributed by atoms with E-state index in [1.54, 1.807) is 6.20 Å². The smallest absolute Gasteiger partial charge is 0.224 e. The van der Waals surface area contributed by atoms with Crippen LogP contribution >= 0.6 is 0 Å². The minimum absolute atomic E-state index is 0.209. The van der Waals surface area contributed by atoms with E-state index in [0.29, 0.717) is 24.5 Å². The molecule has 4 heterocycles. The molecule has 1 aliphatic carbocycles. The Morgan fingerprint density at radius 2 is 2.00 bits per heavy atom. The average Bonchev–Trinajstić information content (AvgIpc) is 3.14. The predicted molar refractivity (Wildman–Crippen MR) is 112 cm³/mol. The molecule has 0 radical (unpaired) electrons. The minimum Gasteiger partial charge on any atom is -0.351 e. The Kier molecular flexibility index (Phi) is 4.97. The van der Waals surface area contributed by atoms with Crippen LogP contribution in [0.3, 0.4) is 0 Å². The topological polar surface area (TPSA) is 84.7 Å². The van der Waals surface area contributed by atoms with Gasteiger partial charge in [0.05, 0.1) is 5.69 Å². The molecule has 5 rings (SSSR count). The number of nitrogens with zero attached hydrogens (tertiary/aromatic N) is 4. The number of Topliss-reactive ketones (excluding diaryl/α,β-unsaturated/α-hetero) is 1. The van der Waals surface area contributed by atoms with Crippen molar-refractivity contribution in [3.63, 3.8) is 0 Å². The van der Waals surface area contributed by atoms with Gasteiger partial charge in [0, 0.05) is 55.6 Å². The van der Waals surface area contributed by atoms with E-state index in [-0.39, 0.29) is 5.78 Å². The Hall–Kier alpha value is -2.80. The zero-order valence-corrected chi connectivity index (χ0v) is 16.5. The van der Waals surface area contributed by atoms with E-state index in [1.807, 2.05) is 29.1 Å². The van der Waals surface area contributed by atoms with E-state index in [4.69, 9.17) is 4.98 Å². The van der Waals surface area contributed by atoms with Gasteiger partial charge in [0.25, 0.3) is 0 Å². The molecule has 1 fully saturated rings. The van der Waals surface area contributed by atoms with E-state index in [0.717, 1.165) is 61.9 Å². The number of hydrogen-bond acceptors (Lipinski definition) is 6. The fourth-order valence-electron chi connectivity index (χ4n) is 4.48. The van der Waals surface area contributed by atoms with Crippen molar-refractivity contribution in [3.8, 4) is 0 Å². The van der Waals surface area contributed by atoms with E-state index >= 15 is 0 Å². The lowest BCUT2D eigenvalue weighted by atomic mass is 9.91. The highest BCUT2D eigenvalue weighted by Crippen LogP contribution is 2.26. The number of pyridine rings is 1. The summed E-state index contributed by atoms with van der Waals surface area (Å²) in [6.45, 7) is 1.73. The Bertz CT molecular complexity index is 1010. The second-order valence-electron chi connectivity index (χ2n) is 8.12. The Labute approximate surface area is 170 Å². The Morgan fingerprint density at radius 3 is 2.83 bits per heavy atom. The molecule has 7 heteroatoms. The van der Waals surface area contributed by atoms with Crippen LogP contribution in [-0.4, -0.2) is 37.4 Å². The van der Waals surface area contributed by atoms with Crippen LogP contribution in [0.4, 0.5) is 5.95 Å². The molecular formula is C22H26N6O. The Balaban J connectivity index is 1.19. The number of aryl methyl sites for hydroxylation is 1. The quantitative estimate of drug-likeness (QED) is 0.695. The molecule has 2 aliphatic rings. The van der Waals surface area contributed by atoms with Gasteiger partial charge in [0.15, 0.2) is 5.78 Å². The average molecular weight is 390 g/mol. The van der Waals surface area contributed by atoms with Gasteiger partial charge in [-0.15, -0.1) is 0 Å². The SMILES string of the molecule is O=C1CCCn2c1cc1cnc(NC3CCC(NCc4cccnc4)CC3)nc12. The third-order valence-corrected chi connectivity index (χ3v) is 6.08. The molecule has 29 heavy (non-hydrogen) atoms. The number of fused-ring (bicyclic) bond motifs is 3. The first-order valence-corrected chi connectivity index (χ1v) is 10.5. The molecule has 0 aromatic carbocycles. The van der Waals surface area contributed by atoms with Crippen molar-refractivity contribution >= 4 is 22.8 Å². The van der Waals surface area contributed by atoms with Crippen molar-refractivity contribution in [3.05, 3.63) is 48.0 Å². The molecule has 3 aromatic heterocycles. The number of anilines is 1. The molecule has 150 valence electrons. The number of hydrogen-bond donors (Lipinski definition) is 2. The van der Waals surface area contributed by atoms with Crippen molar-refractivity contribution in [2.24, 2.45) is 0 Å². The van der Waals surface area contributed by atoms with Crippen molar-refractivity contribution in [2.45, 2.75) is 63.7 Å². The first-order valence-electron chi connectivity index (χ1n) is 10.5.